The van der Waals surface area contributed by atoms with E-state index >= 15 is 0 Å². The number of benzene rings is 1. The third-order valence-electron chi connectivity index (χ3n) is 2.85. The van der Waals surface area contributed by atoms with Crippen LogP contribution < -0.4 is 5.32 Å². The molecule has 1 aromatic carbocycles. The molecule has 1 atom stereocenters. The summed E-state index contributed by atoms with van der Waals surface area (Å²) >= 11 is 2.38. The van der Waals surface area contributed by atoms with Crippen molar-refractivity contribution in [2.75, 3.05) is 7.05 Å². The van der Waals surface area contributed by atoms with E-state index in [9.17, 15) is 0 Å². The summed E-state index contributed by atoms with van der Waals surface area (Å²) in [5, 5.41) is 7.70. The summed E-state index contributed by atoms with van der Waals surface area (Å²) in [7, 11) is 1.99. The van der Waals surface area contributed by atoms with Crippen LogP contribution in [0.3, 0.4) is 0 Å². The van der Waals surface area contributed by atoms with Crippen molar-refractivity contribution in [2.24, 2.45) is 0 Å². The van der Waals surface area contributed by atoms with E-state index in [4.69, 9.17) is 0 Å². The number of rotatable bonds is 4. The Labute approximate surface area is 115 Å². The Kier molecular flexibility index (Phi) is 4.17. The van der Waals surface area contributed by atoms with Crippen LogP contribution in [0, 0.1) is 3.57 Å². The molecular weight excluding hydrogens is 325 g/mol. The van der Waals surface area contributed by atoms with Gasteiger partial charge >= 0.3 is 0 Å². The Balaban J connectivity index is 2.44. The van der Waals surface area contributed by atoms with Crippen LogP contribution in [0.5, 0.6) is 0 Å². The van der Waals surface area contributed by atoms with E-state index in [-0.39, 0.29) is 6.04 Å². The van der Waals surface area contributed by atoms with Gasteiger partial charge in [0, 0.05) is 16.3 Å². The summed E-state index contributed by atoms with van der Waals surface area (Å²) in [6, 6.07) is 10.7. The van der Waals surface area contributed by atoms with Crippen LogP contribution in [0.4, 0.5) is 0 Å². The van der Waals surface area contributed by atoms with Gasteiger partial charge in [0.25, 0.3) is 0 Å². The Morgan fingerprint density at radius 1 is 1.35 bits per heavy atom. The highest BCUT2D eigenvalue weighted by molar-refractivity contribution is 14.1. The number of halogens is 1. The average molecular weight is 341 g/mol. The van der Waals surface area contributed by atoms with E-state index in [1.54, 1.807) is 0 Å². The molecule has 0 fully saturated rings. The maximum atomic E-state index is 4.33. The van der Waals surface area contributed by atoms with E-state index in [2.05, 4.69) is 70.3 Å². The van der Waals surface area contributed by atoms with E-state index in [0.717, 1.165) is 6.54 Å². The largest absolute Gasteiger partial charge is 0.308 e. The summed E-state index contributed by atoms with van der Waals surface area (Å²) in [5.41, 5.74) is 2.50. The minimum absolute atomic E-state index is 0.200. The molecule has 0 saturated carbocycles. The lowest BCUT2D eigenvalue weighted by molar-refractivity contribution is 0.562. The Hall–Kier alpha value is -0.880. The molecule has 0 bridgehead atoms. The maximum absolute atomic E-state index is 4.33. The molecule has 2 aromatic rings. The first-order valence-corrected chi connectivity index (χ1v) is 6.79. The maximum Gasteiger partial charge on any atom is 0.0756 e. The van der Waals surface area contributed by atoms with E-state index in [1.807, 2.05) is 17.9 Å². The molecule has 4 heteroatoms. The van der Waals surface area contributed by atoms with E-state index in [1.165, 1.54) is 14.8 Å². The van der Waals surface area contributed by atoms with Gasteiger partial charge in [-0.1, -0.05) is 18.2 Å². The lowest BCUT2D eigenvalue weighted by atomic mass is 10.0. The molecule has 2 rings (SSSR count). The summed E-state index contributed by atoms with van der Waals surface area (Å²) in [5.74, 6) is 0. The predicted molar refractivity (Wildman–Crippen MR) is 78.0 cm³/mol. The number of nitrogens with zero attached hydrogens (tertiary/aromatic N) is 2. The summed E-state index contributed by atoms with van der Waals surface area (Å²) in [4.78, 5) is 0. The SMILES string of the molecule is CCn1nccc1C(NC)c1ccccc1I. The molecule has 0 saturated heterocycles. The molecule has 1 aromatic heterocycles. The van der Waals surface area contributed by atoms with Crippen LogP contribution >= 0.6 is 22.6 Å². The van der Waals surface area contributed by atoms with Gasteiger partial charge in [-0.05, 0) is 54.3 Å². The third-order valence-corrected chi connectivity index (χ3v) is 3.83. The number of hydrogen-bond acceptors (Lipinski definition) is 2. The Bertz CT molecular complexity index is 493. The molecule has 0 aliphatic carbocycles. The summed E-state index contributed by atoms with van der Waals surface area (Å²) < 4.78 is 3.30. The van der Waals surface area contributed by atoms with Gasteiger partial charge in [-0.25, -0.2) is 0 Å². The van der Waals surface area contributed by atoms with Gasteiger partial charge in [0.05, 0.1) is 11.7 Å². The van der Waals surface area contributed by atoms with E-state index in [0.29, 0.717) is 0 Å². The highest BCUT2D eigenvalue weighted by Gasteiger charge is 2.17. The lowest BCUT2D eigenvalue weighted by Crippen LogP contribution is -2.22. The fourth-order valence-electron chi connectivity index (χ4n) is 2.02. The van der Waals surface area contributed by atoms with Crippen LogP contribution in [0.2, 0.25) is 0 Å². The zero-order valence-corrected chi connectivity index (χ0v) is 12.2. The third kappa shape index (κ3) is 2.52. The summed E-state index contributed by atoms with van der Waals surface area (Å²) in [6.45, 7) is 3.00. The number of aryl methyl sites for hydroxylation is 1. The van der Waals surface area contributed by atoms with Crippen molar-refractivity contribution in [3.63, 3.8) is 0 Å². The second kappa shape index (κ2) is 5.64. The minimum atomic E-state index is 0.200. The fourth-order valence-corrected chi connectivity index (χ4v) is 2.72. The van der Waals surface area contributed by atoms with Crippen molar-refractivity contribution in [2.45, 2.75) is 19.5 Å². The molecule has 1 heterocycles. The highest BCUT2D eigenvalue weighted by atomic mass is 127. The van der Waals surface area contributed by atoms with Gasteiger partial charge in [0.1, 0.15) is 0 Å². The molecule has 0 radical (unpaired) electrons. The highest BCUT2D eigenvalue weighted by Crippen LogP contribution is 2.25. The molecular formula is C13H16IN3. The topological polar surface area (TPSA) is 29.9 Å². The van der Waals surface area contributed by atoms with Crippen molar-refractivity contribution in [3.05, 3.63) is 51.4 Å². The molecule has 0 aliphatic heterocycles. The molecule has 3 nitrogen and oxygen atoms in total. The zero-order chi connectivity index (χ0) is 12.3. The molecule has 17 heavy (non-hydrogen) atoms. The standard InChI is InChI=1S/C13H16IN3/c1-3-17-12(8-9-16-17)13(15-2)10-6-4-5-7-11(10)14/h4-9,13,15H,3H2,1-2H3. The second-order valence-electron chi connectivity index (χ2n) is 3.82. The van der Waals surface area contributed by atoms with Crippen molar-refractivity contribution in [1.82, 2.24) is 15.1 Å². The molecule has 1 unspecified atom stereocenters. The Morgan fingerprint density at radius 3 is 2.76 bits per heavy atom. The molecule has 0 amide bonds. The van der Waals surface area contributed by atoms with Crippen molar-refractivity contribution in [1.29, 1.82) is 0 Å². The number of nitrogens with one attached hydrogen (secondary N) is 1. The molecule has 0 spiro atoms. The summed E-state index contributed by atoms with van der Waals surface area (Å²) in [6.07, 6.45) is 1.86. The average Bonchev–Trinajstić information content (AvgIpc) is 2.81. The van der Waals surface area contributed by atoms with Crippen molar-refractivity contribution >= 4 is 22.6 Å². The minimum Gasteiger partial charge on any atom is -0.308 e. The fraction of sp³-hybridized carbons (Fsp3) is 0.308. The smallest absolute Gasteiger partial charge is 0.0756 e. The van der Waals surface area contributed by atoms with Gasteiger partial charge in [-0.2, -0.15) is 5.10 Å². The predicted octanol–water partition coefficient (Wildman–Crippen LogP) is 2.82. The number of aromatic nitrogens is 2. The normalized spacial score (nSPS) is 12.6. The van der Waals surface area contributed by atoms with Crippen LogP contribution in [0.25, 0.3) is 0 Å². The first-order valence-electron chi connectivity index (χ1n) is 5.71. The van der Waals surface area contributed by atoms with Gasteiger partial charge in [-0.15, -0.1) is 0 Å². The van der Waals surface area contributed by atoms with Gasteiger partial charge in [0.2, 0.25) is 0 Å². The van der Waals surface area contributed by atoms with Crippen molar-refractivity contribution in [3.8, 4) is 0 Å². The lowest BCUT2D eigenvalue weighted by Gasteiger charge is -2.19. The van der Waals surface area contributed by atoms with Crippen LogP contribution in [-0.2, 0) is 6.54 Å². The molecule has 0 aliphatic rings. The van der Waals surface area contributed by atoms with Crippen LogP contribution in [0.15, 0.2) is 36.5 Å². The molecule has 1 N–H and O–H groups in total. The first-order chi connectivity index (χ1) is 8.27. The van der Waals surface area contributed by atoms with Crippen molar-refractivity contribution < 1.29 is 0 Å². The quantitative estimate of drug-likeness (QED) is 0.867. The van der Waals surface area contributed by atoms with Gasteiger partial charge < -0.3 is 5.32 Å². The zero-order valence-electron chi connectivity index (χ0n) is 10.0. The van der Waals surface area contributed by atoms with Crippen LogP contribution in [0.1, 0.15) is 24.2 Å². The van der Waals surface area contributed by atoms with Crippen LogP contribution in [-0.4, -0.2) is 16.8 Å². The first kappa shape index (κ1) is 12.6. The van der Waals surface area contributed by atoms with Gasteiger partial charge in [-0.3, -0.25) is 4.68 Å². The van der Waals surface area contributed by atoms with Gasteiger partial charge in [0.15, 0.2) is 0 Å². The second-order valence-corrected chi connectivity index (χ2v) is 4.98. The molecule has 90 valence electrons. The Morgan fingerprint density at radius 2 is 2.12 bits per heavy atom. The van der Waals surface area contributed by atoms with E-state index < -0.39 is 0 Å². The number of hydrogen-bond donors (Lipinski definition) is 1. The monoisotopic (exact) mass is 341 g/mol.